The lowest BCUT2D eigenvalue weighted by atomic mass is 9.90. The van der Waals surface area contributed by atoms with Crippen molar-refractivity contribution in [1.82, 2.24) is 9.55 Å². The van der Waals surface area contributed by atoms with E-state index in [0.29, 0.717) is 18.5 Å². The fraction of sp³-hybridized carbons (Fsp3) is 0.318. The van der Waals surface area contributed by atoms with Crippen LogP contribution in [-0.4, -0.2) is 20.6 Å². The summed E-state index contributed by atoms with van der Waals surface area (Å²) in [6, 6.07) is 7.11. The monoisotopic (exact) mass is 376 g/mol. The van der Waals surface area contributed by atoms with Crippen LogP contribution >= 0.6 is 0 Å². The highest BCUT2D eigenvalue weighted by atomic mass is 16.5. The molecular weight excluding hydrogens is 356 g/mol. The Kier molecular flexibility index (Phi) is 3.59. The third-order valence-corrected chi connectivity index (χ3v) is 5.96. The summed E-state index contributed by atoms with van der Waals surface area (Å²) < 4.78 is 6.99. The number of phenols is 1. The molecule has 5 rings (SSSR count). The highest BCUT2D eigenvalue weighted by Gasteiger charge is 2.34. The van der Waals surface area contributed by atoms with Crippen LogP contribution in [0.25, 0.3) is 22.3 Å². The molecule has 142 valence electrons. The summed E-state index contributed by atoms with van der Waals surface area (Å²) in [7, 11) is 0. The summed E-state index contributed by atoms with van der Waals surface area (Å²) in [6.45, 7) is 4.47. The lowest BCUT2D eigenvalue weighted by Gasteiger charge is -2.24. The van der Waals surface area contributed by atoms with Crippen molar-refractivity contribution < 1.29 is 14.6 Å². The number of aryl methyl sites for hydroxylation is 1. The van der Waals surface area contributed by atoms with Crippen LogP contribution in [0, 0.1) is 0 Å². The Labute approximate surface area is 161 Å². The molecule has 0 amide bonds. The molecule has 4 heterocycles. The van der Waals surface area contributed by atoms with Crippen LogP contribution < -0.4 is 5.56 Å². The lowest BCUT2D eigenvalue weighted by Crippen LogP contribution is -2.32. The van der Waals surface area contributed by atoms with E-state index >= 15 is 0 Å². The average Bonchev–Trinajstić information content (AvgIpc) is 3.05. The predicted molar refractivity (Wildman–Crippen MR) is 104 cm³/mol. The molecule has 6 nitrogen and oxygen atoms in total. The number of nitrogens with zero attached hydrogens (tertiary/aromatic N) is 2. The number of rotatable bonds is 2. The van der Waals surface area contributed by atoms with Crippen molar-refractivity contribution in [3.8, 4) is 17.1 Å². The third kappa shape index (κ3) is 2.17. The minimum absolute atomic E-state index is 0.0318. The predicted octanol–water partition coefficient (Wildman–Crippen LogP) is 3.24. The quantitative estimate of drug-likeness (QED) is 0.543. The molecule has 3 aromatic rings. The van der Waals surface area contributed by atoms with Gasteiger partial charge in [0, 0.05) is 10.9 Å². The number of cyclic esters (lactones) is 1. The summed E-state index contributed by atoms with van der Waals surface area (Å²) >= 11 is 0. The van der Waals surface area contributed by atoms with Gasteiger partial charge in [-0.1, -0.05) is 13.8 Å². The maximum Gasteiger partial charge on any atom is 0.313 e. The largest absolute Gasteiger partial charge is 0.508 e. The first-order valence-electron chi connectivity index (χ1n) is 9.61. The Bertz CT molecular complexity index is 1230. The zero-order chi connectivity index (χ0) is 19.6. The summed E-state index contributed by atoms with van der Waals surface area (Å²) in [5, 5.41) is 10.8. The number of esters is 1. The minimum atomic E-state index is -0.408. The molecule has 0 saturated carbocycles. The van der Waals surface area contributed by atoms with Gasteiger partial charge in [-0.15, -0.1) is 0 Å². The van der Waals surface area contributed by atoms with Gasteiger partial charge in [0.05, 0.1) is 34.9 Å². The van der Waals surface area contributed by atoms with Crippen molar-refractivity contribution in [3.05, 3.63) is 56.9 Å². The normalized spacial score (nSPS) is 17.2. The van der Waals surface area contributed by atoms with E-state index in [4.69, 9.17) is 9.72 Å². The van der Waals surface area contributed by atoms with E-state index in [0.717, 1.165) is 45.4 Å². The number of hydrogen-bond acceptors (Lipinski definition) is 5. The van der Waals surface area contributed by atoms with Crippen molar-refractivity contribution in [2.45, 2.75) is 45.8 Å². The zero-order valence-corrected chi connectivity index (χ0v) is 15.8. The van der Waals surface area contributed by atoms with E-state index in [9.17, 15) is 14.7 Å². The van der Waals surface area contributed by atoms with Gasteiger partial charge < -0.3 is 14.4 Å². The van der Waals surface area contributed by atoms with Gasteiger partial charge in [-0.3, -0.25) is 9.59 Å². The SMILES string of the molecule is CCc1c2c(nc3ccc(O)cc13)-c1cc3c(c(=O)n1C2)COC(=O)C3CC. The van der Waals surface area contributed by atoms with E-state index in [1.807, 2.05) is 13.0 Å². The Morgan fingerprint density at radius 3 is 2.79 bits per heavy atom. The molecule has 2 aliphatic rings. The second-order valence-electron chi connectivity index (χ2n) is 7.40. The molecule has 0 spiro atoms. The van der Waals surface area contributed by atoms with Crippen LogP contribution in [0.1, 0.15) is 48.4 Å². The molecule has 2 aliphatic heterocycles. The standard InChI is InChI=1S/C22H20N2O4/c1-3-12-15-7-11(25)5-6-18(15)23-20-16(12)9-24-19(20)8-14-13(4-2)22(27)28-10-17(14)21(24)26/h5-8,13,25H,3-4,9-10H2,1-2H3. The highest BCUT2D eigenvalue weighted by molar-refractivity contribution is 5.89. The van der Waals surface area contributed by atoms with Crippen LogP contribution in [0.3, 0.4) is 0 Å². The molecule has 6 heteroatoms. The van der Waals surface area contributed by atoms with Crippen molar-refractivity contribution in [3.63, 3.8) is 0 Å². The van der Waals surface area contributed by atoms with Gasteiger partial charge in [0.1, 0.15) is 12.4 Å². The van der Waals surface area contributed by atoms with Crippen LogP contribution in [0.2, 0.25) is 0 Å². The molecule has 1 unspecified atom stereocenters. The maximum absolute atomic E-state index is 13.2. The Morgan fingerprint density at radius 2 is 2.04 bits per heavy atom. The van der Waals surface area contributed by atoms with Gasteiger partial charge in [-0.2, -0.15) is 0 Å². The Morgan fingerprint density at radius 1 is 1.21 bits per heavy atom. The fourth-order valence-corrected chi connectivity index (χ4v) is 4.58. The third-order valence-electron chi connectivity index (χ3n) is 5.96. The number of pyridine rings is 2. The minimum Gasteiger partial charge on any atom is -0.508 e. The second kappa shape index (κ2) is 5.92. The van der Waals surface area contributed by atoms with Gasteiger partial charge in [0.15, 0.2) is 0 Å². The van der Waals surface area contributed by atoms with Crippen molar-refractivity contribution >= 4 is 16.9 Å². The number of benzene rings is 1. The summed E-state index contributed by atoms with van der Waals surface area (Å²) in [5.41, 5.74) is 5.69. The van der Waals surface area contributed by atoms with E-state index in [2.05, 4.69) is 6.92 Å². The number of carbonyl (C=O) groups is 1. The number of ether oxygens (including phenoxy) is 1. The number of aromatic hydroxyl groups is 1. The molecule has 1 atom stereocenters. The topological polar surface area (TPSA) is 81.4 Å². The first-order valence-corrected chi connectivity index (χ1v) is 9.61. The highest BCUT2D eigenvalue weighted by Crippen LogP contribution is 2.39. The van der Waals surface area contributed by atoms with Gasteiger partial charge in [0.2, 0.25) is 0 Å². The van der Waals surface area contributed by atoms with E-state index < -0.39 is 5.92 Å². The molecule has 1 N–H and O–H groups in total. The fourth-order valence-electron chi connectivity index (χ4n) is 4.58. The number of phenolic OH excluding ortho intramolecular Hbond substituents is 1. The molecule has 0 bridgehead atoms. The molecule has 0 radical (unpaired) electrons. The first kappa shape index (κ1) is 17.0. The number of carbonyl (C=O) groups excluding carboxylic acids is 1. The average molecular weight is 376 g/mol. The van der Waals surface area contributed by atoms with Crippen LogP contribution in [0.5, 0.6) is 5.75 Å². The van der Waals surface area contributed by atoms with Gasteiger partial charge in [0.25, 0.3) is 5.56 Å². The van der Waals surface area contributed by atoms with Gasteiger partial charge in [-0.25, -0.2) is 4.98 Å². The molecular formula is C22H20N2O4. The van der Waals surface area contributed by atoms with Crippen LogP contribution in [0.15, 0.2) is 29.1 Å². The maximum atomic E-state index is 13.2. The molecule has 1 aromatic carbocycles. The zero-order valence-electron chi connectivity index (χ0n) is 15.8. The molecule has 2 aromatic heterocycles. The lowest BCUT2D eigenvalue weighted by molar-refractivity contribution is -0.148. The van der Waals surface area contributed by atoms with E-state index in [-0.39, 0.29) is 23.9 Å². The second-order valence-corrected chi connectivity index (χ2v) is 7.40. The smallest absolute Gasteiger partial charge is 0.313 e. The number of hydrogen-bond donors (Lipinski definition) is 1. The van der Waals surface area contributed by atoms with Gasteiger partial charge in [-0.05, 0) is 48.2 Å². The summed E-state index contributed by atoms with van der Waals surface area (Å²) in [4.78, 5) is 30.2. The molecule has 0 saturated heterocycles. The van der Waals surface area contributed by atoms with Crippen LogP contribution in [0.4, 0.5) is 0 Å². The van der Waals surface area contributed by atoms with Crippen molar-refractivity contribution in [2.24, 2.45) is 0 Å². The molecule has 0 aliphatic carbocycles. The Hall–Kier alpha value is -3.15. The molecule has 0 fully saturated rings. The summed E-state index contributed by atoms with van der Waals surface area (Å²) in [5.74, 6) is -0.475. The number of aromatic nitrogens is 2. The van der Waals surface area contributed by atoms with Crippen molar-refractivity contribution in [2.75, 3.05) is 0 Å². The van der Waals surface area contributed by atoms with Crippen molar-refractivity contribution in [1.29, 1.82) is 0 Å². The summed E-state index contributed by atoms with van der Waals surface area (Å²) in [6.07, 6.45) is 1.36. The first-order chi connectivity index (χ1) is 13.5. The van der Waals surface area contributed by atoms with E-state index in [1.54, 1.807) is 22.8 Å². The Balaban J connectivity index is 1.82. The van der Waals surface area contributed by atoms with Gasteiger partial charge >= 0.3 is 5.97 Å². The van der Waals surface area contributed by atoms with Crippen LogP contribution in [-0.2, 0) is 29.1 Å². The van der Waals surface area contributed by atoms with E-state index in [1.165, 1.54) is 0 Å². The molecule has 28 heavy (non-hydrogen) atoms. The number of fused-ring (bicyclic) bond motifs is 5.